The summed E-state index contributed by atoms with van der Waals surface area (Å²) < 4.78 is 5.53. The van der Waals surface area contributed by atoms with Gasteiger partial charge >= 0.3 is 30.9 Å². The molecule has 4 rings (SSSR count). The molecule has 1 atom stereocenters. The Morgan fingerprint density at radius 1 is 1.04 bits per heavy atom. The fourth-order valence-electron chi connectivity index (χ4n) is 3.92. The summed E-state index contributed by atoms with van der Waals surface area (Å²) in [5.74, 6) is -0.978. The molecule has 6 heteroatoms. The van der Waals surface area contributed by atoms with E-state index in [4.69, 9.17) is 4.74 Å². The van der Waals surface area contributed by atoms with E-state index in [9.17, 15) is 14.7 Å². The number of carboxylic acids is 1. The number of ether oxygens (including phenoxy) is 1. The molecule has 2 aromatic carbocycles. The van der Waals surface area contributed by atoms with Crippen molar-refractivity contribution >= 4 is 30.9 Å². The predicted molar refractivity (Wildman–Crippen MR) is 99.6 cm³/mol. The molecule has 2 aromatic rings. The fourth-order valence-corrected chi connectivity index (χ4v) is 3.92. The van der Waals surface area contributed by atoms with Gasteiger partial charge in [0, 0.05) is 12.5 Å². The predicted octanol–water partition coefficient (Wildman–Crippen LogP) is 2.84. The summed E-state index contributed by atoms with van der Waals surface area (Å²) in [6.07, 6.45) is 0.646. The number of hydrogen-bond acceptors (Lipinski definition) is 3. The van der Waals surface area contributed by atoms with E-state index in [-0.39, 0.29) is 31.4 Å². The summed E-state index contributed by atoms with van der Waals surface area (Å²) in [7, 11) is 0. The second-order valence-electron chi connectivity index (χ2n) is 6.49. The van der Waals surface area contributed by atoms with Crippen LogP contribution < -0.4 is 0 Å². The maximum absolute atomic E-state index is 12.4. The third-order valence-electron chi connectivity index (χ3n) is 5.11. The van der Waals surface area contributed by atoms with Gasteiger partial charge in [0.25, 0.3) is 0 Å². The van der Waals surface area contributed by atoms with Crippen molar-refractivity contribution in [2.75, 3.05) is 13.2 Å². The first-order chi connectivity index (χ1) is 12.2. The van der Waals surface area contributed by atoms with E-state index < -0.39 is 18.1 Å². The third-order valence-corrected chi connectivity index (χ3v) is 5.11. The number of benzene rings is 2. The molecular weight excluding hydrogens is 325 g/mol. The summed E-state index contributed by atoms with van der Waals surface area (Å²) in [5.41, 5.74) is 4.63. The van der Waals surface area contributed by atoms with Gasteiger partial charge in [-0.05, 0) is 35.1 Å². The Labute approximate surface area is 164 Å². The molecule has 1 heterocycles. The molecule has 1 aliphatic carbocycles. The zero-order valence-corrected chi connectivity index (χ0v) is 13.7. The van der Waals surface area contributed by atoms with Crippen LogP contribution in [0.4, 0.5) is 4.79 Å². The number of rotatable bonds is 3. The molecule has 1 fully saturated rings. The average Bonchev–Trinajstić information content (AvgIpc) is 3.23. The molecule has 2 aliphatic rings. The van der Waals surface area contributed by atoms with Crippen molar-refractivity contribution in [3.63, 3.8) is 0 Å². The molecule has 1 N–H and O–H groups in total. The molecule has 1 amide bonds. The van der Waals surface area contributed by atoms with Crippen molar-refractivity contribution in [3.8, 4) is 11.1 Å². The Balaban J connectivity index is 0.00000196. The molecule has 0 saturated carbocycles. The number of nitrogens with zero attached hydrogens (tertiary/aromatic N) is 1. The quantitative estimate of drug-likeness (QED) is 0.869. The summed E-state index contributed by atoms with van der Waals surface area (Å²) in [6.45, 7) is 0.656. The summed E-state index contributed by atoms with van der Waals surface area (Å²) >= 11 is 0. The Hall–Kier alpha value is -2.22. The van der Waals surface area contributed by atoms with E-state index in [0.29, 0.717) is 19.4 Å². The van der Waals surface area contributed by atoms with E-state index in [1.54, 1.807) is 0 Å². The van der Waals surface area contributed by atoms with E-state index in [0.717, 1.165) is 11.1 Å². The maximum atomic E-state index is 12.4. The van der Waals surface area contributed by atoms with Gasteiger partial charge in [0.2, 0.25) is 0 Å². The van der Waals surface area contributed by atoms with Crippen molar-refractivity contribution in [2.24, 2.45) is 0 Å². The number of fused-ring (bicyclic) bond motifs is 3. The van der Waals surface area contributed by atoms with Gasteiger partial charge in [0.15, 0.2) is 0 Å². The zero-order valence-electron chi connectivity index (χ0n) is 13.7. The monoisotopic (exact) mass is 345 g/mol. The molecule has 0 spiro atoms. The van der Waals surface area contributed by atoms with Crippen LogP contribution in [0.15, 0.2) is 48.5 Å². The topological polar surface area (TPSA) is 66.8 Å². The molecule has 26 heavy (non-hydrogen) atoms. The summed E-state index contributed by atoms with van der Waals surface area (Å²) in [4.78, 5) is 25.0. The standard InChI is InChI=1S/C20H19NO4.Li.H/c22-19(23)18-10-5-11-21(18)20(24)25-12-17-15-8-3-1-6-13(15)14-7-2-4-9-16(14)17;;/h1-4,6-9,17-18H,5,10-12H2,(H,22,23);;. The molecule has 5 nitrogen and oxygen atoms in total. The van der Waals surface area contributed by atoms with Gasteiger partial charge in [-0.15, -0.1) is 0 Å². The van der Waals surface area contributed by atoms with Gasteiger partial charge in [-0.2, -0.15) is 0 Å². The Morgan fingerprint density at radius 3 is 2.19 bits per heavy atom. The van der Waals surface area contributed by atoms with Crippen molar-refractivity contribution in [1.82, 2.24) is 4.90 Å². The van der Waals surface area contributed by atoms with Gasteiger partial charge in [-0.25, -0.2) is 9.59 Å². The van der Waals surface area contributed by atoms with Gasteiger partial charge in [-0.3, -0.25) is 4.90 Å². The average molecular weight is 345 g/mol. The van der Waals surface area contributed by atoms with Gasteiger partial charge < -0.3 is 9.84 Å². The number of carbonyl (C=O) groups excluding carboxylic acids is 1. The molecule has 0 aromatic heterocycles. The molecule has 0 bridgehead atoms. The Morgan fingerprint density at radius 2 is 1.62 bits per heavy atom. The molecular formula is C20H20LiNO4. The Kier molecular flexibility index (Phi) is 5.40. The van der Waals surface area contributed by atoms with Gasteiger partial charge in [0.1, 0.15) is 12.6 Å². The minimum absolute atomic E-state index is 0. The Bertz CT molecular complexity index is 793. The summed E-state index contributed by atoms with van der Waals surface area (Å²) in [5, 5.41) is 9.22. The van der Waals surface area contributed by atoms with E-state index in [2.05, 4.69) is 24.3 Å². The number of aliphatic carboxylic acids is 1. The number of carbonyl (C=O) groups is 2. The van der Waals surface area contributed by atoms with Crippen LogP contribution in [0.5, 0.6) is 0 Å². The van der Waals surface area contributed by atoms with Crippen LogP contribution >= 0.6 is 0 Å². The van der Waals surface area contributed by atoms with Crippen molar-refractivity contribution in [1.29, 1.82) is 0 Å². The van der Waals surface area contributed by atoms with Crippen LogP contribution in [-0.2, 0) is 9.53 Å². The van der Waals surface area contributed by atoms with Crippen LogP contribution in [0, 0.1) is 0 Å². The fraction of sp³-hybridized carbons (Fsp3) is 0.300. The molecule has 1 aliphatic heterocycles. The number of amides is 1. The van der Waals surface area contributed by atoms with Crippen LogP contribution in [-0.4, -0.2) is 60.1 Å². The minimum atomic E-state index is -0.967. The first kappa shape index (κ1) is 18.6. The SMILES string of the molecule is O=C(O)C1CCCN1C(=O)OCC1c2ccccc2-c2ccccc21.[LiH]. The number of carboxylic acid groups (broad SMARTS) is 1. The number of likely N-dealkylation sites (tertiary alicyclic amines) is 1. The van der Waals surface area contributed by atoms with Gasteiger partial charge in [0.05, 0.1) is 0 Å². The second-order valence-corrected chi connectivity index (χ2v) is 6.49. The first-order valence-corrected chi connectivity index (χ1v) is 8.51. The third kappa shape index (κ3) is 3.13. The van der Waals surface area contributed by atoms with Crippen molar-refractivity contribution < 1.29 is 19.4 Å². The summed E-state index contributed by atoms with van der Waals surface area (Å²) in [6, 6.07) is 15.5. The first-order valence-electron chi connectivity index (χ1n) is 8.51. The van der Waals surface area contributed by atoms with Crippen LogP contribution in [0.1, 0.15) is 29.9 Å². The molecule has 130 valence electrons. The molecule has 1 unspecified atom stereocenters. The van der Waals surface area contributed by atoms with E-state index >= 15 is 0 Å². The number of hydrogen-bond donors (Lipinski definition) is 1. The van der Waals surface area contributed by atoms with Crippen molar-refractivity contribution in [3.05, 3.63) is 59.7 Å². The molecule has 1 saturated heterocycles. The molecule has 0 radical (unpaired) electrons. The second kappa shape index (κ2) is 7.57. The van der Waals surface area contributed by atoms with Crippen LogP contribution in [0.3, 0.4) is 0 Å². The normalized spacial score (nSPS) is 18.0. The van der Waals surface area contributed by atoms with E-state index in [1.807, 2.05) is 24.3 Å². The van der Waals surface area contributed by atoms with Crippen LogP contribution in [0.2, 0.25) is 0 Å². The van der Waals surface area contributed by atoms with Crippen LogP contribution in [0.25, 0.3) is 11.1 Å². The van der Waals surface area contributed by atoms with Crippen molar-refractivity contribution in [2.45, 2.75) is 24.8 Å². The van der Waals surface area contributed by atoms with Gasteiger partial charge in [-0.1, -0.05) is 48.5 Å². The zero-order chi connectivity index (χ0) is 17.4. The van der Waals surface area contributed by atoms with E-state index in [1.165, 1.54) is 16.0 Å².